The predicted octanol–water partition coefficient (Wildman–Crippen LogP) is -0.830. The maximum Gasteiger partial charge on any atom is 0.155 e. The van der Waals surface area contributed by atoms with Crippen LogP contribution >= 0.6 is 0 Å². The van der Waals surface area contributed by atoms with Gasteiger partial charge in [0.25, 0.3) is 0 Å². The summed E-state index contributed by atoms with van der Waals surface area (Å²) < 4.78 is 16.1. The molecule has 1 saturated heterocycles. The van der Waals surface area contributed by atoms with Crippen molar-refractivity contribution in [2.24, 2.45) is 0 Å². The number of ether oxygens (including phenoxy) is 1. The van der Waals surface area contributed by atoms with E-state index in [1.807, 2.05) is 0 Å². The van der Waals surface area contributed by atoms with E-state index in [1.165, 1.54) is 0 Å². The van der Waals surface area contributed by atoms with Crippen LogP contribution in [-0.4, -0.2) is 35.1 Å². The van der Waals surface area contributed by atoms with Crippen LogP contribution in [0.3, 0.4) is 0 Å². The van der Waals surface area contributed by atoms with E-state index >= 15 is 0 Å². The van der Waals surface area contributed by atoms with Crippen molar-refractivity contribution in [3.05, 3.63) is 6.61 Å². The zero-order valence-electron chi connectivity index (χ0n) is 5.11. The van der Waals surface area contributed by atoms with Gasteiger partial charge in [-0.3, -0.25) is 0 Å². The molecule has 4 nitrogen and oxygen atoms in total. The van der Waals surface area contributed by atoms with E-state index in [0.717, 1.165) is 6.61 Å². The Bertz CT molecular complexity index is 110. The Kier molecular flexibility index (Phi) is 2.56. The van der Waals surface area contributed by atoms with Crippen LogP contribution in [0.4, 0.5) is 4.53 Å². The van der Waals surface area contributed by atoms with Crippen molar-refractivity contribution in [3.63, 3.8) is 0 Å². The largest absolute Gasteiger partial charge is 0.394 e. The average molecular weight is 151 g/mol. The summed E-state index contributed by atoms with van der Waals surface area (Å²) in [5, 5.41) is 17.3. The summed E-state index contributed by atoms with van der Waals surface area (Å²) in [5.74, 6) is 0. The van der Waals surface area contributed by atoms with Crippen molar-refractivity contribution < 1.29 is 24.4 Å². The highest BCUT2D eigenvalue weighted by Crippen LogP contribution is 2.20. The normalized spacial score (nSPS) is 40.5. The summed E-state index contributed by atoms with van der Waals surface area (Å²) in [6.45, 7) is 0.660. The van der Waals surface area contributed by atoms with Gasteiger partial charge in [-0.2, -0.15) is 4.94 Å². The molecular weight excluding hydrogens is 143 g/mol. The zero-order valence-corrected chi connectivity index (χ0v) is 5.11. The summed E-state index contributed by atoms with van der Waals surface area (Å²) in [4.78, 5) is 3.36. The van der Waals surface area contributed by atoms with E-state index in [9.17, 15) is 4.53 Å². The van der Waals surface area contributed by atoms with Crippen LogP contribution in [0.25, 0.3) is 0 Å². The molecule has 1 aliphatic rings. The third-order valence-corrected chi connectivity index (χ3v) is 1.38. The Morgan fingerprint density at radius 2 is 2.40 bits per heavy atom. The molecular formula is C5H8FO4. The van der Waals surface area contributed by atoms with Gasteiger partial charge in [-0.25, -0.2) is 0 Å². The third-order valence-electron chi connectivity index (χ3n) is 1.38. The van der Waals surface area contributed by atoms with Gasteiger partial charge < -0.3 is 14.9 Å². The minimum atomic E-state index is -1.10. The van der Waals surface area contributed by atoms with Crippen molar-refractivity contribution in [1.29, 1.82) is 0 Å². The molecule has 0 amide bonds. The summed E-state index contributed by atoms with van der Waals surface area (Å²) in [7, 11) is 0. The fourth-order valence-electron chi connectivity index (χ4n) is 0.813. The topological polar surface area (TPSA) is 58.9 Å². The van der Waals surface area contributed by atoms with Gasteiger partial charge in [0.05, 0.1) is 6.61 Å². The van der Waals surface area contributed by atoms with Crippen LogP contribution in [0, 0.1) is 6.61 Å². The molecule has 10 heavy (non-hydrogen) atoms. The highest BCUT2D eigenvalue weighted by molar-refractivity contribution is 4.90. The minimum Gasteiger partial charge on any atom is -0.394 e. The fourth-order valence-corrected chi connectivity index (χ4v) is 0.813. The SMILES string of the molecule is OC[C@H]1O[CH][C@@H](O)[C@@H]1OF. The average Bonchev–Trinajstić information content (AvgIpc) is 2.30. The van der Waals surface area contributed by atoms with Gasteiger partial charge in [0.1, 0.15) is 18.8 Å². The van der Waals surface area contributed by atoms with Gasteiger partial charge in [-0.05, 0) is 4.53 Å². The number of aliphatic hydroxyl groups excluding tert-OH is 2. The highest BCUT2D eigenvalue weighted by Gasteiger charge is 2.38. The molecule has 5 heteroatoms. The molecule has 0 unspecified atom stereocenters. The van der Waals surface area contributed by atoms with Crippen molar-refractivity contribution in [2.45, 2.75) is 18.3 Å². The summed E-state index contributed by atoms with van der Waals surface area (Å²) in [5.41, 5.74) is 0. The molecule has 3 atom stereocenters. The number of hydrogen-bond acceptors (Lipinski definition) is 4. The number of rotatable bonds is 2. The number of halogens is 1. The van der Waals surface area contributed by atoms with E-state index in [1.54, 1.807) is 0 Å². The van der Waals surface area contributed by atoms with Crippen LogP contribution in [-0.2, 0) is 9.68 Å². The Morgan fingerprint density at radius 1 is 1.70 bits per heavy atom. The maximum absolute atomic E-state index is 11.5. The zero-order chi connectivity index (χ0) is 7.56. The van der Waals surface area contributed by atoms with Crippen LogP contribution in [0.5, 0.6) is 0 Å². The molecule has 0 aliphatic carbocycles. The first-order chi connectivity index (χ1) is 4.79. The van der Waals surface area contributed by atoms with E-state index in [-0.39, 0.29) is 6.61 Å². The van der Waals surface area contributed by atoms with Gasteiger partial charge in [0, 0.05) is 0 Å². The molecule has 1 rings (SSSR count). The Labute approximate surface area is 57.1 Å². The highest BCUT2D eigenvalue weighted by atomic mass is 19.3. The van der Waals surface area contributed by atoms with Gasteiger partial charge in [-0.15, -0.1) is 0 Å². The van der Waals surface area contributed by atoms with E-state index in [2.05, 4.69) is 9.68 Å². The number of aliphatic hydroxyl groups is 2. The van der Waals surface area contributed by atoms with Gasteiger partial charge in [0.15, 0.2) is 6.10 Å². The third kappa shape index (κ3) is 1.27. The molecule has 1 heterocycles. The van der Waals surface area contributed by atoms with Gasteiger partial charge in [0.2, 0.25) is 0 Å². The van der Waals surface area contributed by atoms with E-state index in [4.69, 9.17) is 10.2 Å². The lowest BCUT2D eigenvalue weighted by Gasteiger charge is -2.11. The summed E-state index contributed by atoms with van der Waals surface area (Å²) >= 11 is 0. The van der Waals surface area contributed by atoms with Crippen molar-refractivity contribution in [3.8, 4) is 0 Å². The van der Waals surface area contributed by atoms with Crippen LogP contribution in [0.2, 0.25) is 0 Å². The molecule has 1 aliphatic heterocycles. The predicted molar refractivity (Wildman–Crippen MR) is 28.2 cm³/mol. The second-order valence-electron chi connectivity index (χ2n) is 2.04. The molecule has 0 saturated carbocycles. The lowest BCUT2D eigenvalue weighted by atomic mass is 10.2. The van der Waals surface area contributed by atoms with Crippen LogP contribution < -0.4 is 0 Å². The Hall–Kier alpha value is -0.230. The molecule has 0 aromatic heterocycles. The molecule has 59 valence electrons. The monoisotopic (exact) mass is 151 g/mol. The molecule has 0 spiro atoms. The first kappa shape index (κ1) is 7.87. The second-order valence-corrected chi connectivity index (χ2v) is 2.04. The molecule has 1 fully saturated rings. The van der Waals surface area contributed by atoms with Gasteiger partial charge >= 0.3 is 0 Å². The first-order valence-corrected chi connectivity index (χ1v) is 2.84. The van der Waals surface area contributed by atoms with E-state index < -0.39 is 18.3 Å². The van der Waals surface area contributed by atoms with Crippen molar-refractivity contribution >= 4 is 0 Å². The first-order valence-electron chi connectivity index (χ1n) is 2.84. The molecule has 1 radical (unpaired) electrons. The Balaban J connectivity index is 2.45. The standard InChI is InChI=1S/C5H8FO4/c6-10-5-3(8)2-9-4(5)1-7/h2-5,7-8H,1H2/t3-,4-,5+/m1/s1. The molecule has 2 N–H and O–H groups in total. The van der Waals surface area contributed by atoms with Crippen molar-refractivity contribution in [1.82, 2.24) is 0 Å². The lowest BCUT2D eigenvalue weighted by molar-refractivity contribution is -0.213. The maximum atomic E-state index is 11.5. The Morgan fingerprint density at radius 3 is 2.80 bits per heavy atom. The molecule has 0 aromatic rings. The van der Waals surface area contributed by atoms with Crippen LogP contribution in [0.15, 0.2) is 0 Å². The van der Waals surface area contributed by atoms with Gasteiger partial charge in [-0.1, -0.05) is 0 Å². The molecule has 0 aromatic carbocycles. The van der Waals surface area contributed by atoms with Crippen molar-refractivity contribution in [2.75, 3.05) is 6.61 Å². The quantitative estimate of drug-likeness (QED) is 0.540. The minimum absolute atomic E-state index is 0.373. The summed E-state index contributed by atoms with van der Waals surface area (Å²) in [6.07, 6.45) is -2.98. The smallest absolute Gasteiger partial charge is 0.155 e. The summed E-state index contributed by atoms with van der Waals surface area (Å²) in [6, 6.07) is 0. The second kappa shape index (κ2) is 3.25. The van der Waals surface area contributed by atoms with Crippen LogP contribution in [0.1, 0.15) is 0 Å². The fraction of sp³-hybridized carbons (Fsp3) is 0.800. The van der Waals surface area contributed by atoms with E-state index in [0.29, 0.717) is 0 Å². The number of hydrogen-bond donors (Lipinski definition) is 2. The molecule has 0 bridgehead atoms. The lowest BCUT2D eigenvalue weighted by Crippen LogP contribution is -2.32.